The average molecular weight is 235 g/mol. The Morgan fingerprint density at radius 3 is 2.76 bits per heavy atom. The molecular formula is C12H13NO4. The molecule has 0 heterocycles. The molecule has 1 aliphatic carbocycles. The molecule has 0 radical (unpaired) electrons. The van der Waals surface area contributed by atoms with Gasteiger partial charge in [-0.15, -0.1) is 0 Å². The second-order valence-electron chi connectivity index (χ2n) is 4.25. The predicted molar refractivity (Wildman–Crippen MR) is 61.3 cm³/mol. The molecule has 1 aromatic rings. The van der Waals surface area contributed by atoms with E-state index in [1.54, 1.807) is 0 Å². The molecule has 2 rings (SSSR count). The van der Waals surface area contributed by atoms with Crippen molar-refractivity contribution in [2.45, 2.75) is 19.8 Å². The number of ether oxygens (including phenoxy) is 1. The monoisotopic (exact) mass is 235 g/mol. The number of carbonyl (C=O) groups is 1. The summed E-state index contributed by atoms with van der Waals surface area (Å²) in [6.07, 6.45) is 2.31. The number of non-ortho nitro benzene ring substituents is 1. The van der Waals surface area contributed by atoms with Crippen molar-refractivity contribution >= 4 is 11.5 Å². The summed E-state index contributed by atoms with van der Waals surface area (Å²) in [5, 5.41) is 10.6. The number of ketones is 1. The minimum absolute atomic E-state index is 0.0889. The van der Waals surface area contributed by atoms with Crippen LogP contribution in [-0.4, -0.2) is 17.3 Å². The average Bonchev–Trinajstić information content (AvgIpc) is 3.09. The maximum absolute atomic E-state index is 11.4. The van der Waals surface area contributed by atoms with Crippen molar-refractivity contribution in [1.29, 1.82) is 0 Å². The van der Waals surface area contributed by atoms with Crippen molar-refractivity contribution in [3.8, 4) is 5.75 Å². The topological polar surface area (TPSA) is 69.4 Å². The molecule has 5 heteroatoms. The van der Waals surface area contributed by atoms with Gasteiger partial charge in [0.1, 0.15) is 5.75 Å². The highest BCUT2D eigenvalue weighted by Gasteiger charge is 2.23. The number of nitrogens with zero attached hydrogens (tertiary/aromatic N) is 1. The maximum atomic E-state index is 11.4. The molecule has 0 aromatic heterocycles. The standard InChI is InChI=1S/C12H13NO4/c1-8(14)11-6-10(13(15)16)4-5-12(11)17-7-9-2-3-9/h4-6,9H,2-3,7H2,1H3. The van der Waals surface area contributed by atoms with Crippen LogP contribution in [0.4, 0.5) is 5.69 Å². The summed E-state index contributed by atoms with van der Waals surface area (Å²) in [5.74, 6) is 0.791. The van der Waals surface area contributed by atoms with Gasteiger partial charge in [0.2, 0.25) is 0 Å². The van der Waals surface area contributed by atoms with E-state index in [1.807, 2.05) is 0 Å². The summed E-state index contributed by atoms with van der Waals surface area (Å²) < 4.78 is 5.51. The van der Waals surface area contributed by atoms with Crippen LogP contribution in [0.2, 0.25) is 0 Å². The largest absolute Gasteiger partial charge is 0.493 e. The molecule has 1 aliphatic rings. The van der Waals surface area contributed by atoms with Crippen LogP contribution in [0.25, 0.3) is 0 Å². The second kappa shape index (κ2) is 4.53. The van der Waals surface area contributed by atoms with E-state index in [4.69, 9.17) is 4.74 Å². The molecule has 0 aliphatic heterocycles. The first-order valence-electron chi connectivity index (χ1n) is 5.50. The van der Waals surface area contributed by atoms with Gasteiger partial charge in [-0.05, 0) is 31.7 Å². The van der Waals surface area contributed by atoms with E-state index in [0.29, 0.717) is 18.3 Å². The van der Waals surface area contributed by atoms with Gasteiger partial charge in [-0.25, -0.2) is 0 Å². The van der Waals surface area contributed by atoms with Gasteiger partial charge in [0.25, 0.3) is 5.69 Å². The molecule has 0 amide bonds. The number of benzene rings is 1. The van der Waals surface area contributed by atoms with Gasteiger partial charge in [0.15, 0.2) is 5.78 Å². The summed E-state index contributed by atoms with van der Waals surface area (Å²) in [6, 6.07) is 4.12. The van der Waals surface area contributed by atoms with E-state index in [0.717, 1.165) is 12.8 Å². The Kier molecular flexibility index (Phi) is 3.08. The lowest BCUT2D eigenvalue weighted by Crippen LogP contribution is -2.04. The van der Waals surface area contributed by atoms with Crippen molar-refractivity contribution in [2.24, 2.45) is 5.92 Å². The van der Waals surface area contributed by atoms with Crippen LogP contribution in [0.15, 0.2) is 18.2 Å². The summed E-state index contributed by atoms with van der Waals surface area (Å²) in [4.78, 5) is 21.5. The number of Topliss-reactive ketones (excluding diaryl/α,β-unsaturated/α-hetero) is 1. The van der Waals surface area contributed by atoms with E-state index in [2.05, 4.69) is 0 Å². The Labute approximate surface area is 98.5 Å². The van der Waals surface area contributed by atoms with Crippen molar-refractivity contribution in [2.75, 3.05) is 6.61 Å². The van der Waals surface area contributed by atoms with Gasteiger partial charge in [-0.1, -0.05) is 0 Å². The van der Waals surface area contributed by atoms with Crippen molar-refractivity contribution in [3.05, 3.63) is 33.9 Å². The molecule has 17 heavy (non-hydrogen) atoms. The smallest absolute Gasteiger partial charge is 0.270 e. The van der Waals surface area contributed by atoms with Crippen LogP contribution in [0.3, 0.4) is 0 Å². The normalized spacial score (nSPS) is 14.4. The van der Waals surface area contributed by atoms with E-state index in [1.165, 1.54) is 25.1 Å². The zero-order valence-electron chi connectivity index (χ0n) is 9.51. The Morgan fingerprint density at radius 2 is 2.24 bits per heavy atom. The minimum atomic E-state index is -0.517. The second-order valence-corrected chi connectivity index (χ2v) is 4.25. The number of hydrogen-bond acceptors (Lipinski definition) is 4. The lowest BCUT2D eigenvalue weighted by atomic mass is 10.1. The summed E-state index contributed by atoms with van der Waals surface area (Å²) in [7, 11) is 0. The highest BCUT2D eigenvalue weighted by molar-refractivity contribution is 5.97. The lowest BCUT2D eigenvalue weighted by molar-refractivity contribution is -0.384. The molecule has 1 fully saturated rings. The molecule has 1 saturated carbocycles. The first-order valence-corrected chi connectivity index (χ1v) is 5.50. The van der Waals surface area contributed by atoms with E-state index >= 15 is 0 Å². The van der Waals surface area contributed by atoms with Gasteiger partial charge in [0, 0.05) is 12.1 Å². The van der Waals surface area contributed by atoms with Gasteiger partial charge >= 0.3 is 0 Å². The molecule has 0 N–H and O–H groups in total. The number of rotatable bonds is 5. The molecule has 90 valence electrons. The van der Waals surface area contributed by atoms with Crippen LogP contribution < -0.4 is 4.74 Å². The Morgan fingerprint density at radius 1 is 1.53 bits per heavy atom. The van der Waals surface area contributed by atoms with Gasteiger partial charge < -0.3 is 4.74 Å². The third-order valence-electron chi connectivity index (χ3n) is 2.72. The quantitative estimate of drug-likeness (QED) is 0.447. The number of hydrogen-bond donors (Lipinski definition) is 0. The Bertz CT molecular complexity index is 466. The SMILES string of the molecule is CC(=O)c1cc([N+](=O)[O-])ccc1OCC1CC1. The third-order valence-corrected chi connectivity index (χ3v) is 2.72. The zero-order valence-corrected chi connectivity index (χ0v) is 9.51. The maximum Gasteiger partial charge on any atom is 0.270 e. The summed E-state index contributed by atoms with van der Waals surface area (Å²) in [5.41, 5.74) is 0.189. The van der Waals surface area contributed by atoms with Gasteiger partial charge in [-0.3, -0.25) is 14.9 Å². The molecule has 0 bridgehead atoms. The molecule has 5 nitrogen and oxygen atoms in total. The number of nitro benzene ring substituents is 1. The van der Waals surface area contributed by atoms with Gasteiger partial charge in [0.05, 0.1) is 17.1 Å². The molecule has 1 aromatic carbocycles. The highest BCUT2D eigenvalue weighted by atomic mass is 16.6. The van der Waals surface area contributed by atoms with Crippen LogP contribution in [-0.2, 0) is 0 Å². The fourth-order valence-corrected chi connectivity index (χ4v) is 1.52. The Hall–Kier alpha value is -1.91. The van der Waals surface area contributed by atoms with E-state index in [9.17, 15) is 14.9 Å². The number of carbonyl (C=O) groups excluding carboxylic acids is 1. The van der Waals surface area contributed by atoms with Crippen LogP contribution >= 0.6 is 0 Å². The fraction of sp³-hybridized carbons (Fsp3) is 0.417. The van der Waals surface area contributed by atoms with Crippen molar-refractivity contribution in [1.82, 2.24) is 0 Å². The molecule has 0 spiro atoms. The van der Waals surface area contributed by atoms with Gasteiger partial charge in [-0.2, -0.15) is 0 Å². The zero-order chi connectivity index (χ0) is 12.4. The molecule has 0 unspecified atom stereocenters. The third kappa shape index (κ3) is 2.81. The van der Waals surface area contributed by atoms with E-state index < -0.39 is 4.92 Å². The molecule has 0 saturated heterocycles. The highest BCUT2D eigenvalue weighted by Crippen LogP contribution is 2.31. The number of nitro groups is 1. The Balaban J connectivity index is 2.23. The van der Waals surface area contributed by atoms with Crippen LogP contribution in [0.1, 0.15) is 30.1 Å². The predicted octanol–water partition coefficient (Wildman–Crippen LogP) is 2.59. The van der Waals surface area contributed by atoms with Crippen LogP contribution in [0, 0.1) is 16.0 Å². The van der Waals surface area contributed by atoms with Crippen molar-refractivity contribution < 1.29 is 14.5 Å². The molecular weight excluding hydrogens is 222 g/mol. The first kappa shape index (κ1) is 11.6. The van der Waals surface area contributed by atoms with Crippen molar-refractivity contribution in [3.63, 3.8) is 0 Å². The van der Waals surface area contributed by atoms with E-state index in [-0.39, 0.29) is 17.0 Å². The summed E-state index contributed by atoms with van der Waals surface area (Å²) >= 11 is 0. The minimum Gasteiger partial charge on any atom is -0.493 e. The first-order chi connectivity index (χ1) is 8.08. The lowest BCUT2D eigenvalue weighted by Gasteiger charge is -2.08. The molecule has 0 atom stereocenters. The fourth-order valence-electron chi connectivity index (χ4n) is 1.52. The summed E-state index contributed by atoms with van der Waals surface area (Å²) in [6.45, 7) is 1.96. The van der Waals surface area contributed by atoms with Crippen LogP contribution in [0.5, 0.6) is 5.75 Å².